The second-order valence-corrected chi connectivity index (χ2v) is 2.56. The predicted octanol–water partition coefficient (Wildman–Crippen LogP) is 0.146. The van der Waals surface area contributed by atoms with Gasteiger partial charge in [-0.15, -0.1) is 0 Å². The fraction of sp³-hybridized carbons (Fsp3) is 0.375. The van der Waals surface area contributed by atoms with E-state index in [1.54, 1.807) is 6.92 Å². The molecule has 0 aliphatic heterocycles. The summed E-state index contributed by atoms with van der Waals surface area (Å²) >= 11 is 4.14. The molecule has 0 unspecified atom stereocenters. The second-order valence-electron chi connectivity index (χ2n) is 2.56. The zero-order valence-corrected chi connectivity index (χ0v) is 8.62. The summed E-state index contributed by atoms with van der Waals surface area (Å²) in [6, 6.07) is 0. The van der Waals surface area contributed by atoms with Gasteiger partial charge < -0.3 is 15.9 Å². The van der Waals surface area contributed by atoms with Crippen LogP contribution in [-0.2, 0) is 13.2 Å². The molecule has 1 heterocycles. The van der Waals surface area contributed by atoms with Gasteiger partial charge in [-0.05, 0) is 18.7 Å². The van der Waals surface area contributed by atoms with Gasteiger partial charge in [0.25, 0.3) is 0 Å². The summed E-state index contributed by atoms with van der Waals surface area (Å²) in [7, 11) is 0. The molecule has 6 N–H and O–H groups in total. The summed E-state index contributed by atoms with van der Waals surface area (Å²) in [5.41, 5.74) is 7.09. The average molecular weight is 220 g/mol. The van der Waals surface area contributed by atoms with E-state index in [0.717, 1.165) is 0 Å². The number of aliphatic hydroxyl groups excluding tert-OH is 1. The number of rotatable bonds is 2. The lowest BCUT2D eigenvalue weighted by molar-refractivity contribution is 0.279. The van der Waals surface area contributed by atoms with Gasteiger partial charge in [-0.25, -0.2) is 5.25 Å². The van der Waals surface area contributed by atoms with E-state index in [1.165, 1.54) is 6.20 Å². The number of hydrogen-bond donors (Lipinski definition) is 4. The number of aromatic hydroxyl groups is 1. The van der Waals surface area contributed by atoms with E-state index in [0.29, 0.717) is 16.8 Å². The number of halogens is 1. The van der Waals surface area contributed by atoms with Gasteiger partial charge in [0.1, 0.15) is 5.75 Å². The minimum Gasteiger partial charge on any atom is -0.506 e. The third kappa shape index (κ3) is 2.81. The van der Waals surface area contributed by atoms with Crippen molar-refractivity contribution in [3.63, 3.8) is 0 Å². The Morgan fingerprint density at radius 3 is 2.50 bits per heavy atom. The molecule has 14 heavy (non-hydrogen) atoms. The molecule has 1 rings (SSSR count). The number of aliphatic hydroxyl groups is 1. The number of nitrogens with zero attached hydrogens (tertiary/aromatic N) is 1. The molecule has 5 nitrogen and oxygen atoms in total. The molecule has 0 atom stereocenters. The van der Waals surface area contributed by atoms with E-state index in [-0.39, 0.29) is 18.9 Å². The van der Waals surface area contributed by atoms with Crippen LogP contribution in [0.15, 0.2) is 6.20 Å². The van der Waals surface area contributed by atoms with Crippen LogP contribution in [0.5, 0.6) is 5.75 Å². The molecule has 0 bridgehead atoms. The molecule has 0 fully saturated rings. The summed E-state index contributed by atoms with van der Waals surface area (Å²) < 4.78 is 0. The highest BCUT2D eigenvalue weighted by Gasteiger charge is 2.08. The zero-order valence-electron chi connectivity index (χ0n) is 7.87. The van der Waals surface area contributed by atoms with E-state index in [9.17, 15) is 5.11 Å². The molecule has 0 aliphatic rings. The SMILES string of the molecule is Cc1ncc(CO)c(CN)c1O.NCl. The van der Waals surface area contributed by atoms with E-state index in [2.05, 4.69) is 22.0 Å². The maximum Gasteiger partial charge on any atom is 0.141 e. The highest BCUT2D eigenvalue weighted by molar-refractivity contribution is 6.11. The molecular weight excluding hydrogens is 206 g/mol. The lowest BCUT2D eigenvalue weighted by Gasteiger charge is -2.08. The molecular formula is C8H14ClN3O2. The lowest BCUT2D eigenvalue weighted by Crippen LogP contribution is -2.04. The maximum atomic E-state index is 9.46. The monoisotopic (exact) mass is 219 g/mol. The van der Waals surface area contributed by atoms with Crippen molar-refractivity contribution in [1.82, 2.24) is 4.98 Å². The van der Waals surface area contributed by atoms with Crippen LogP contribution in [0, 0.1) is 6.92 Å². The van der Waals surface area contributed by atoms with Crippen molar-refractivity contribution in [2.24, 2.45) is 11.0 Å². The van der Waals surface area contributed by atoms with E-state index in [4.69, 9.17) is 10.8 Å². The number of aromatic nitrogens is 1. The molecule has 0 aromatic carbocycles. The molecule has 0 radical (unpaired) electrons. The van der Waals surface area contributed by atoms with Crippen LogP contribution in [0.3, 0.4) is 0 Å². The quantitative estimate of drug-likeness (QED) is 0.530. The molecule has 80 valence electrons. The molecule has 0 spiro atoms. The van der Waals surface area contributed by atoms with Crippen LogP contribution in [-0.4, -0.2) is 15.2 Å². The van der Waals surface area contributed by atoms with Crippen molar-refractivity contribution in [2.45, 2.75) is 20.1 Å². The Morgan fingerprint density at radius 2 is 2.07 bits per heavy atom. The van der Waals surface area contributed by atoms with Crippen molar-refractivity contribution in [3.05, 3.63) is 23.0 Å². The summed E-state index contributed by atoms with van der Waals surface area (Å²) in [5, 5.41) is 22.3. The van der Waals surface area contributed by atoms with Crippen LogP contribution >= 0.6 is 11.8 Å². The van der Waals surface area contributed by atoms with Gasteiger partial charge in [0.15, 0.2) is 0 Å². The Hall–Kier alpha value is -0.880. The van der Waals surface area contributed by atoms with Crippen molar-refractivity contribution in [1.29, 1.82) is 0 Å². The standard InChI is InChI=1S/C8H12N2O2.ClH2N/c1-5-8(12)7(2-9)6(4-11)3-10-5;1-2/h3,11-12H,2,4,9H2,1H3;2H2. The van der Waals surface area contributed by atoms with Crippen LogP contribution in [0.2, 0.25) is 0 Å². The highest BCUT2D eigenvalue weighted by atomic mass is 35.5. The lowest BCUT2D eigenvalue weighted by atomic mass is 10.1. The largest absolute Gasteiger partial charge is 0.506 e. The van der Waals surface area contributed by atoms with Crippen molar-refractivity contribution in [3.8, 4) is 5.75 Å². The molecule has 1 aromatic rings. The Morgan fingerprint density at radius 1 is 1.50 bits per heavy atom. The first-order valence-corrected chi connectivity index (χ1v) is 4.33. The molecule has 0 saturated carbocycles. The fourth-order valence-electron chi connectivity index (χ4n) is 1.05. The first-order valence-electron chi connectivity index (χ1n) is 3.89. The molecule has 0 saturated heterocycles. The highest BCUT2D eigenvalue weighted by Crippen LogP contribution is 2.22. The van der Waals surface area contributed by atoms with Crippen molar-refractivity contribution < 1.29 is 10.2 Å². The molecule has 1 aromatic heterocycles. The first-order chi connectivity index (χ1) is 6.70. The molecule has 0 amide bonds. The van der Waals surface area contributed by atoms with Crippen LogP contribution in [0.25, 0.3) is 0 Å². The van der Waals surface area contributed by atoms with Gasteiger partial charge in [0, 0.05) is 23.9 Å². The van der Waals surface area contributed by atoms with Crippen LogP contribution in [0.1, 0.15) is 16.8 Å². The van der Waals surface area contributed by atoms with Crippen molar-refractivity contribution >= 4 is 11.8 Å². The van der Waals surface area contributed by atoms with E-state index < -0.39 is 0 Å². The smallest absolute Gasteiger partial charge is 0.141 e. The third-order valence-corrected chi connectivity index (χ3v) is 1.80. The van der Waals surface area contributed by atoms with E-state index >= 15 is 0 Å². The van der Waals surface area contributed by atoms with E-state index in [1.807, 2.05) is 0 Å². The maximum absolute atomic E-state index is 9.46. The second kappa shape index (κ2) is 6.56. The average Bonchev–Trinajstić information content (AvgIpc) is 2.24. The Bertz CT molecular complexity index is 294. The normalized spacial score (nSPS) is 9.21. The fourth-order valence-corrected chi connectivity index (χ4v) is 1.05. The number of pyridine rings is 1. The van der Waals surface area contributed by atoms with Gasteiger partial charge in [0.05, 0.1) is 12.3 Å². The van der Waals surface area contributed by atoms with Gasteiger partial charge in [-0.2, -0.15) is 0 Å². The van der Waals surface area contributed by atoms with Crippen molar-refractivity contribution in [2.75, 3.05) is 0 Å². The van der Waals surface area contributed by atoms with Gasteiger partial charge in [-0.3, -0.25) is 4.98 Å². The van der Waals surface area contributed by atoms with Gasteiger partial charge in [-0.1, -0.05) is 0 Å². The van der Waals surface area contributed by atoms with Crippen LogP contribution < -0.4 is 11.0 Å². The third-order valence-electron chi connectivity index (χ3n) is 1.80. The van der Waals surface area contributed by atoms with Gasteiger partial charge in [0.2, 0.25) is 0 Å². The number of aryl methyl sites for hydroxylation is 1. The molecule has 6 heteroatoms. The number of nitrogens with two attached hydrogens (primary N) is 2. The summed E-state index contributed by atoms with van der Waals surface area (Å²) in [4.78, 5) is 3.89. The predicted molar refractivity (Wildman–Crippen MR) is 54.5 cm³/mol. The number of hydrogen-bond acceptors (Lipinski definition) is 5. The summed E-state index contributed by atoms with van der Waals surface area (Å²) in [6.45, 7) is 1.76. The van der Waals surface area contributed by atoms with Gasteiger partial charge >= 0.3 is 0 Å². The molecule has 0 aliphatic carbocycles. The van der Waals surface area contributed by atoms with Crippen LogP contribution in [0.4, 0.5) is 0 Å². The topological polar surface area (TPSA) is 105 Å². The Labute approximate surface area is 87.4 Å². The summed E-state index contributed by atoms with van der Waals surface area (Å²) in [6.07, 6.45) is 1.53. The summed E-state index contributed by atoms with van der Waals surface area (Å²) in [5.74, 6) is 0.0871. The zero-order chi connectivity index (χ0) is 11.1. The Balaban J connectivity index is 0.000000791. The first kappa shape index (κ1) is 13.1. The minimum absolute atomic E-state index is 0.0871. The minimum atomic E-state index is -0.145. The Kier molecular flexibility index (Phi) is 6.14.